The molecule has 0 fully saturated rings. The van der Waals surface area contributed by atoms with Crippen LogP contribution < -0.4 is 0 Å². The van der Waals surface area contributed by atoms with E-state index in [0.29, 0.717) is 0 Å². The lowest BCUT2D eigenvalue weighted by molar-refractivity contribution is 0.651. The molecular formula is C10H16. The molecular weight excluding hydrogens is 120 g/mol. The Morgan fingerprint density at radius 3 is 2.70 bits per heavy atom. The van der Waals surface area contributed by atoms with Crippen LogP contribution in [0.3, 0.4) is 0 Å². The zero-order valence-corrected chi connectivity index (χ0v) is 7.15. The minimum Gasteiger partial charge on any atom is -0.0837 e. The quantitative estimate of drug-likeness (QED) is 0.518. The first-order valence-electron chi connectivity index (χ1n) is 4.12. The molecule has 0 spiro atoms. The summed E-state index contributed by atoms with van der Waals surface area (Å²) in [5.74, 6) is 0.787. The normalized spacial score (nSPS) is 25.7. The highest BCUT2D eigenvalue weighted by Crippen LogP contribution is 2.26. The molecule has 1 atom stereocenters. The van der Waals surface area contributed by atoms with E-state index in [-0.39, 0.29) is 0 Å². The molecule has 0 radical (unpaired) electrons. The van der Waals surface area contributed by atoms with Crippen LogP contribution in [0.1, 0.15) is 33.6 Å². The van der Waals surface area contributed by atoms with E-state index in [9.17, 15) is 0 Å². The third-order valence-electron chi connectivity index (χ3n) is 2.34. The van der Waals surface area contributed by atoms with Gasteiger partial charge in [-0.05, 0) is 25.7 Å². The van der Waals surface area contributed by atoms with Crippen LogP contribution in [-0.2, 0) is 0 Å². The molecule has 0 nitrogen and oxygen atoms in total. The Morgan fingerprint density at radius 2 is 2.30 bits per heavy atom. The highest BCUT2D eigenvalue weighted by atomic mass is 14.2. The average Bonchev–Trinajstić information content (AvgIpc) is 1.88. The summed E-state index contributed by atoms with van der Waals surface area (Å²) in [7, 11) is 0. The van der Waals surface area contributed by atoms with Gasteiger partial charge in [0.05, 0.1) is 0 Å². The molecule has 0 heteroatoms. The minimum atomic E-state index is 0.787. The topological polar surface area (TPSA) is 0 Å². The summed E-state index contributed by atoms with van der Waals surface area (Å²) < 4.78 is 0. The van der Waals surface area contributed by atoms with E-state index < -0.39 is 0 Å². The second-order valence-electron chi connectivity index (χ2n) is 3.10. The predicted octanol–water partition coefficient (Wildman–Crippen LogP) is 3.31. The summed E-state index contributed by atoms with van der Waals surface area (Å²) in [5, 5.41) is 0. The van der Waals surface area contributed by atoms with Crippen LogP contribution in [-0.4, -0.2) is 0 Å². The fourth-order valence-corrected chi connectivity index (χ4v) is 1.71. The lowest BCUT2D eigenvalue weighted by Crippen LogP contribution is -2.02. The summed E-state index contributed by atoms with van der Waals surface area (Å²) in [4.78, 5) is 0. The molecule has 0 aromatic heterocycles. The van der Waals surface area contributed by atoms with Crippen LogP contribution in [0.5, 0.6) is 0 Å². The fraction of sp³-hybridized carbons (Fsp3) is 0.600. The van der Waals surface area contributed by atoms with Crippen molar-refractivity contribution < 1.29 is 0 Å². The van der Waals surface area contributed by atoms with Crippen LogP contribution in [0.25, 0.3) is 0 Å². The number of allylic oxidation sites excluding steroid dienone is 4. The molecule has 0 heterocycles. The second kappa shape index (κ2) is 3.05. The molecule has 1 aliphatic rings. The van der Waals surface area contributed by atoms with Crippen LogP contribution in [0, 0.1) is 5.92 Å². The van der Waals surface area contributed by atoms with Crippen molar-refractivity contribution in [3.8, 4) is 0 Å². The van der Waals surface area contributed by atoms with Crippen molar-refractivity contribution >= 4 is 0 Å². The molecule has 1 aliphatic carbocycles. The van der Waals surface area contributed by atoms with Gasteiger partial charge in [0.25, 0.3) is 0 Å². The van der Waals surface area contributed by atoms with E-state index in [1.807, 2.05) is 0 Å². The highest BCUT2D eigenvalue weighted by molar-refractivity contribution is 5.29. The Labute approximate surface area is 63.6 Å². The Balaban J connectivity index is 2.83. The molecule has 0 amide bonds. The second-order valence-corrected chi connectivity index (χ2v) is 3.10. The molecule has 56 valence electrons. The predicted molar refractivity (Wildman–Crippen MR) is 45.9 cm³/mol. The maximum absolute atomic E-state index is 2.31. The van der Waals surface area contributed by atoms with Gasteiger partial charge < -0.3 is 0 Å². The van der Waals surface area contributed by atoms with Crippen LogP contribution >= 0.6 is 0 Å². The van der Waals surface area contributed by atoms with Crippen molar-refractivity contribution in [3.63, 3.8) is 0 Å². The first kappa shape index (κ1) is 7.59. The van der Waals surface area contributed by atoms with E-state index in [0.717, 1.165) is 5.92 Å². The molecule has 0 saturated heterocycles. The average molecular weight is 136 g/mol. The summed E-state index contributed by atoms with van der Waals surface area (Å²) in [6, 6.07) is 0. The molecule has 0 bridgehead atoms. The summed E-state index contributed by atoms with van der Waals surface area (Å²) >= 11 is 0. The lowest BCUT2D eigenvalue weighted by Gasteiger charge is -2.18. The van der Waals surface area contributed by atoms with Gasteiger partial charge in [-0.3, -0.25) is 0 Å². The van der Waals surface area contributed by atoms with Crippen LogP contribution in [0.2, 0.25) is 0 Å². The highest BCUT2D eigenvalue weighted by Gasteiger charge is 2.10. The number of rotatable bonds is 1. The lowest BCUT2D eigenvalue weighted by atomic mass is 9.87. The van der Waals surface area contributed by atoms with Gasteiger partial charge in [-0.15, -0.1) is 0 Å². The Bertz CT molecular complexity index is 172. The van der Waals surface area contributed by atoms with E-state index in [4.69, 9.17) is 0 Å². The zero-order valence-electron chi connectivity index (χ0n) is 7.15. The van der Waals surface area contributed by atoms with Gasteiger partial charge in [-0.25, -0.2) is 0 Å². The van der Waals surface area contributed by atoms with Crippen molar-refractivity contribution in [2.75, 3.05) is 0 Å². The van der Waals surface area contributed by atoms with Crippen molar-refractivity contribution in [2.45, 2.75) is 33.6 Å². The number of hydrogen-bond donors (Lipinski definition) is 0. The Hall–Kier alpha value is -0.520. The molecule has 0 N–H and O–H groups in total. The Morgan fingerprint density at radius 1 is 1.60 bits per heavy atom. The van der Waals surface area contributed by atoms with Crippen LogP contribution in [0.15, 0.2) is 23.3 Å². The molecule has 10 heavy (non-hydrogen) atoms. The van der Waals surface area contributed by atoms with E-state index in [1.165, 1.54) is 18.4 Å². The maximum atomic E-state index is 2.31. The van der Waals surface area contributed by atoms with E-state index in [2.05, 4.69) is 32.9 Å². The van der Waals surface area contributed by atoms with Crippen molar-refractivity contribution in [3.05, 3.63) is 23.3 Å². The van der Waals surface area contributed by atoms with Gasteiger partial charge in [0.1, 0.15) is 0 Å². The first-order valence-corrected chi connectivity index (χ1v) is 4.12. The molecule has 0 saturated carbocycles. The van der Waals surface area contributed by atoms with Gasteiger partial charge in [0, 0.05) is 0 Å². The standard InChI is InChI=1S/C10H16/c1-4-10-8(2)6-5-7-9(10)3/h5-6,9H,4,7H2,1-3H3. The van der Waals surface area contributed by atoms with E-state index >= 15 is 0 Å². The van der Waals surface area contributed by atoms with E-state index in [1.54, 1.807) is 5.57 Å². The third kappa shape index (κ3) is 1.31. The third-order valence-corrected chi connectivity index (χ3v) is 2.34. The fourth-order valence-electron chi connectivity index (χ4n) is 1.71. The smallest absolute Gasteiger partial charge is 0.0191 e. The van der Waals surface area contributed by atoms with Gasteiger partial charge >= 0.3 is 0 Å². The van der Waals surface area contributed by atoms with Gasteiger partial charge in [-0.2, -0.15) is 0 Å². The molecule has 1 rings (SSSR count). The summed E-state index contributed by atoms with van der Waals surface area (Å²) in [6.07, 6.45) is 6.98. The van der Waals surface area contributed by atoms with Crippen LogP contribution in [0.4, 0.5) is 0 Å². The molecule has 1 unspecified atom stereocenters. The van der Waals surface area contributed by atoms with Gasteiger partial charge in [-0.1, -0.05) is 37.1 Å². The number of hydrogen-bond acceptors (Lipinski definition) is 0. The van der Waals surface area contributed by atoms with Gasteiger partial charge in [0.2, 0.25) is 0 Å². The zero-order chi connectivity index (χ0) is 7.56. The van der Waals surface area contributed by atoms with Crippen molar-refractivity contribution in [1.82, 2.24) is 0 Å². The van der Waals surface area contributed by atoms with Crippen molar-refractivity contribution in [2.24, 2.45) is 5.92 Å². The SMILES string of the molecule is CCC1=C(C)C=CCC1C. The Kier molecular flexibility index (Phi) is 2.31. The van der Waals surface area contributed by atoms with Gasteiger partial charge in [0.15, 0.2) is 0 Å². The van der Waals surface area contributed by atoms with Crippen molar-refractivity contribution in [1.29, 1.82) is 0 Å². The monoisotopic (exact) mass is 136 g/mol. The summed E-state index contributed by atoms with van der Waals surface area (Å²) in [5.41, 5.74) is 3.13. The summed E-state index contributed by atoms with van der Waals surface area (Å²) in [6.45, 7) is 6.77. The minimum absolute atomic E-state index is 0.787. The maximum Gasteiger partial charge on any atom is -0.0191 e. The molecule has 0 aromatic rings. The first-order chi connectivity index (χ1) is 4.75. The molecule has 0 aromatic carbocycles. The molecule has 0 aliphatic heterocycles. The largest absolute Gasteiger partial charge is 0.0837 e.